The van der Waals surface area contributed by atoms with Crippen LogP contribution in [0.1, 0.15) is 12.0 Å². The molecule has 2 aliphatic carbocycles. The molecule has 1 unspecified atom stereocenters. The number of rotatable bonds is 4. The predicted octanol–water partition coefficient (Wildman–Crippen LogP) is 2.54. The Morgan fingerprint density at radius 1 is 1.52 bits per heavy atom. The zero-order valence-electron chi connectivity index (χ0n) is 11.8. The quantitative estimate of drug-likeness (QED) is 0.861. The Hall–Kier alpha value is -1.39. The van der Waals surface area contributed by atoms with Gasteiger partial charge in [-0.25, -0.2) is 9.18 Å². The van der Waals surface area contributed by atoms with Crippen LogP contribution in [0, 0.1) is 23.2 Å². The van der Waals surface area contributed by atoms with Crippen LogP contribution >= 0.6 is 23.2 Å². The van der Waals surface area contributed by atoms with E-state index in [1.807, 2.05) is 6.07 Å². The van der Waals surface area contributed by atoms with Gasteiger partial charge < -0.3 is 15.6 Å². The molecule has 1 aromatic carbocycles. The fraction of sp³-hybridized carbons (Fsp3) is 0.467. The molecule has 0 aromatic heterocycles. The van der Waals surface area contributed by atoms with Gasteiger partial charge in [-0.05, 0) is 24.1 Å². The fourth-order valence-corrected chi connectivity index (χ4v) is 3.82. The third kappa shape index (κ3) is 2.31. The number of benzene rings is 1. The number of aliphatic carboxylic acids is 1. The number of nitrogens with zero attached hydrogens (tertiary/aromatic N) is 1. The molecule has 3 N–H and O–H groups in total. The average molecular weight is 359 g/mol. The van der Waals surface area contributed by atoms with Gasteiger partial charge in [-0.15, -0.1) is 0 Å². The number of carbonyl (C=O) groups is 1. The maximum atomic E-state index is 14.3. The summed E-state index contributed by atoms with van der Waals surface area (Å²) in [6, 6.07) is 6.81. The topological polar surface area (TPSA) is 96.3 Å². The first-order valence-corrected chi connectivity index (χ1v) is 7.68. The van der Waals surface area contributed by atoms with Gasteiger partial charge in [0.1, 0.15) is 5.54 Å². The van der Waals surface area contributed by atoms with E-state index in [9.17, 15) is 14.4 Å². The summed E-state index contributed by atoms with van der Waals surface area (Å²) in [7, 11) is 0. The molecule has 5 atom stereocenters. The van der Waals surface area contributed by atoms with Crippen LogP contribution in [0.15, 0.2) is 18.2 Å². The second-order valence-corrected chi connectivity index (χ2v) is 6.80. The lowest BCUT2D eigenvalue weighted by atomic mass is 9.89. The molecule has 8 heteroatoms. The highest BCUT2D eigenvalue weighted by Gasteiger charge is 2.83. The number of fused-ring (bicyclic) bond motifs is 1. The van der Waals surface area contributed by atoms with Crippen LogP contribution < -0.4 is 5.73 Å². The molecule has 0 heterocycles. The highest BCUT2D eigenvalue weighted by molar-refractivity contribution is 6.42. The Morgan fingerprint density at radius 3 is 2.78 bits per heavy atom. The number of carboxylic acid groups (broad SMARTS) is 1. The maximum absolute atomic E-state index is 14.3. The Morgan fingerprint density at radius 2 is 2.22 bits per heavy atom. The van der Waals surface area contributed by atoms with Crippen molar-refractivity contribution < 1.29 is 19.0 Å². The Balaban J connectivity index is 1.72. The number of nitrogens with two attached hydrogens (primary N) is 1. The van der Waals surface area contributed by atoms with Crippen LogP contribution in [0.5, 0.6) is 0 Å². The summed E-state index contributed by atoms with van der Waals surface area (Å²) >= 11 is 11.7. The van der Waals surface area contributed by atoms with E-state index in [0.29, 0.717) is 10.0 Å². The first-order valence-electron chi connectivity index (χ1n) is 6.93. The van der Waals surface area contributed by atoms with Crippen LogP contribution in [-0.4, -0.2) is 28.4 Å². The van der Waals surface area contributed by atoms with E-state index in [-0.39, 0.29) is 13.0 Å². The van der Waals surface area contributed by atoms with Gasteiger partial charge in [0.05, 0.1) is 28.8 Å². The molecule has 122 valence electrons. The van der Waals surface area contributed by atoms with E-state index in [0.717, 1.165) is 5.56 Å². The van der Waals surface area contributed by atoms with E-state index < -0.39 is 35.1 Å². The summed E-state index contributed by atoms with van der Waals surface area (Å²) in [4.78, 5) is 11.0. The summed E-state index contributed by atoms with van der Waals surface area (Å²) in [5.74, 6) is -3.40. The molecule has 1 aromatic rings. The second-order valence-electron chi connectivity index (χ2n) is 5.99. The predicted molar refractivity (Wildman–Crippen MR) is 80.6 cm³/mol. The molecule has 0 bridgehead atoms. The van der Waals surface area contributed by atoms with Crippen molar-refractivity contribution in [1.29, 1.82) is 5.26 Å². The van der Waals surface area contributed by atoms with Crippen molar-refractivity contribution in [1.82, 2.24) is 0 Å². The first-order chi connectivity index (χ1) is 10.7. The van der Waals surface area contributed by atoms with Crippen molar-refractivity contribution in [2.24, 2.45) is 17.6 Å². The number of carboxylic acids is 1. The third-order valence-electron chi connectivity index (χ3n) is 4.76. The fourth-order valence-electron chi connectivity index (χ4n) is 3.50. The minimum absolute atomic E-state index is 0.0961. The number of nitriles is 1. The van der Waals surface area contributed by atoms with Crippen molar-refractivity contribution in [2.45, 2.75) is 30.3 Å². The molecule has 2 fully saturated rings. The van der Waals surface area contributed by atoms with Gasteiger partial charge in [-0.3, -0.25) is 0 Å². The minimum atomic E-state index is -2.42. The minimum Gasteiger partial charge on any atom is -0.479 e. The number of hydrogen-bond donors (Lipinski definition) is 2. The second kappa shape index (κ2) is 5.32. The van der Waals surface area contributed by atoms with Crippen LogP contribution in [0.25, 0.3) is 0 Å². The Labute approximate surface area is 141 Å². The van der Waals surface area contributed by atoms with Gasteiger partial charge in [-0.2, -0.15) is 5.26 Å². The first kappa shape index (κ1) is 16.5. The van der Waals surface area contributed by atoms with E-state index in [4.69, 9.17) is 38.8 Å². The van der Waals surface area contributed by atoms with Crippen molar-refractivity contribution >= 4 is 29.2 Å². The van der Waals surface area contributed by atoms with Gasteiger partial charge in [0, 0.05) is 11.8 Å². The molecule has 0 spiro atoms. The third-order valence-corrected chi connectivity index (χ3v) is 5.50. The van der Waals surface area contributed by atoms with Crippen molar-refractivity contribution in [3.63, 3.8) is 0 Å². The van der Waals surface area contributed by atoms with Gasteiger partial charge >= 0.3 is 5.97 Å². The number of hydrogen-bond acceptors (Lipinski definition) is 4. The van der Waals surface area contributed by atoms with Crippen LogP contribution in [0.4, 0.5) is 4.39 Å². The van der Waals surface area contributed by atoms with Gasteiger partial charge in [-0.1, -0.05) is 29.3 Å². The SMILES string of the molecule is N#C[C@@]1(N)[C@H]2C(C[C@H]1OCc1ccc(Cl)c(Cl)c1)[C@]2(F)C(=O)O. The Bertz CT molecular complexity index is 725. The van der Waals surface area contributed by atoms with Gasteiger partial charge in [0.15, 0.2) is 0 Å². The molecule has 3 rings (SSSR count). The molecule has 0 radical (unpaired) electrons. The van der Waals surface area contributed by atoms with E-state index >= 15 is 0 Å². The van der Waals surface area contributed by atoms with Crippen LogP contribution in [-0.2, 0) is 16.1 Å². The van der Waals surface area contributed by atoms with E-state index in [2.05, 4.69) is 0 Å². The standard InChI is InChI=1S/C15H13Cl2FN2O3/c16-9-2-1-7(3-10(9)17)5-23-11-4-8-12(14(11,20)6-19)15(8,18)13(21)22/h1-3,8,11-12H,4-5,20H2,(H,21,22)/t8?,11-,12-,14+,15-/m1/s1. The summed E-state index contributed by atoms with van der Waals surface area (Å²) in [6.07, 6.45) is -0.640. The Kier molecular flexibility index (Phi) is 3.81. The monoisotopic (exact) mass is 358 g/mol. The molecule has 2 saturated carbocycles. The number of ether oxygens (including phenoxy) is 1. The number of halogens is 3. The molecule has 0 saturated heterocycles. The van der Waals surface area contributed by atoms with E-state index in [1.54, 1.807) is 18.2 Å². The lowest BCUT2D eigenvalue weighted by molar-refractivity contribution is -0.147. The highest BCUT2D eigenvalue weighted by atomic mass is 35.5. The summed E-state index contributed by atoms with van der Waals surface area (Å²) in [5, 5.41) is 19.1. The summed E-state index contributed by atoms with van der Waals surface area (Å²) < 4.78 is 20.0. The normalized spacial score (nSPS) is 38.0. The van der Waals surface area contributed by atoms with E-state index in [1.165, 1.54) is 0 Å². The molecule has 23 heavy (non-hydrogen) atoms. The molecular weight excluding hydrogens is 346 g/mol. The zero-order chi connectivity index (χ0) is 17.0. The summed E-state index contributed by atoms with van der Waals surface area (Å²) in [6.45, 7) is 0.119. The zero-order valence-corrected chi connectivity index (χ0v) is 13.3. The smallest absolute Gasteiger partial charge is 0.342 e. The van der Waals surface area contributed by atoms with Crippen LogP contribution in [0.2, 0.25) is 10.0 Å². The van der Waals surface area contributed by atoms with Crippen molar-refractivity contribution in [3.05, 3.63) is 33.8 Å². The average Bonchev–Trinajstić information content (AvgIpc) is 2.99. The summed E-state index contributed by atoms with van der Waals surface area (Å²) in [5.41, 5.74) is 2.63. The maximum Gasteiger partial charge on any atom is 0.342 e. The lowest BCUT2D eigenvalue weighted by Gasteiger charge is -2.29. The van der Waals surface area contributed by atoms with Crippen molar-refractivity contribution in [3.8, 4) is 6.07 Å². The molecule has 0 aliphatic heterocycles. The molecular formula is C15H13Cl2FN2O3. The molecule has 0 amide bonds. The molecule has 5 nitrogen and oxygen atoms in total. The highest BCUT2D eigenvalue weighted by Crippen LogP contribution is 2.66. The lowest BCUT2D eigenvalue weighted by Crippen LogP contribution is -2.53. The number of alkyl halides is 1. The van der Waals surface area contributed by atoms with Crippen LogP contribution in [0.3, 0.4) is 0 Å². The molecule has 2 aliphatic rings. The van der Waals surface area contributed by atoms with Crippen molar-refractivity contribution in [2.75, 3.05) is 0 Å². The van der Waals surface area contributed by atoms with Gasteiger partial charge in [0.2, 0.25) is 5.67 Å². The largest absolute Gasteiger partial charge is 0.479 e. The van der Waals surface area contributed by atoms with Gasteiger partial charge in [0.25, 0.3) is 0 Å².